The molecule has 0 saturated carbocycles. The predicted molar refractivity (Wildman–Crippen MR) is 93.8 cm³/mol. The number of nitrogens with one attached hydrogen (secondary N) is 1. The van der Waals surface area contributed by atoms with Crippen molar-refractivity contribution in [2.45, 2.75) is 39.7 Å². The smallest absolute Gasteiger partial charge is 0.256 e. The lowest BCUT2D eigenvalue weighted by atomic mass is 9.93. The van der Waals surface area contributed by atoms with Crippen molar-refractivity contribution in [3.05, 3.63) is 24.3 Å². The molecule has 0 bridgehead atoms. The number of alkyl halides is 1. The lowest BCUT2D eigenvalue weighted by molar-refractivity contribution is -0.140. The van der Waals surface area contributed by atoms with E-state index in [-0.39, 0.29) is 5.91 Å². The highest BCUT2D eigenvalue weighted by Gasteiger charge is 2.34. The number of rotatable bonds is 9. The summed E-state index contributed by atoms with van der Waals surface area (Å²) in [6.45, 7) is 9.04. The second-order valence-corrected chi connectivity index (χ2v) is 6.57. The molecular weight excluding hydrogens is 346 g/mol. The van der Waals surface area contributed by atoms with Crippen LogP contribution >= 0.6 is 15.9 Å². The molecule has 0 aliphatic heterocycles. The van der Waals surface area contributed by atoms with E-state index < -0.39 is 5.60 Å². The zero-order valence-corrected chi connectivity index (χ0v) is 15.4. The van der Waals surface area contributed by atoms with E-state index in [2.05, 4.69) is 35.1 Å². The molecule has 0 radical (unpaired) electrons. The zero-order valence-electron chi connectivity index (χ0n) is 13.8. The van der Waals surface area contributed by atoms with Gasteiger partial charge in [-0.1, -0.05) is 29.8 Å². The number of amides is 1. The van der Waals surface area contributed by atoms with Crippen molar-refractivity contribution in [2.24, 2.45) is 5.92 Å². The Hall–Kier alpha value is -1.07. The van der Waals surface area contributed by atoms with Crippen molar-refractivity contribution in [2.75, 3.05) is 23.9 Å². The molecule has 124 valence electrons. The minimum atomic E-state index is -0.811. The van der Waals surface area contributed by atoms with Crippen LogP contribution in [-0.4, -0.2) is 30.1 Å². The normalized spacial score (nSPS) is 13.7. The molecule has 1 aromatic carbocycles. The van der Waals surface area contributed by atoms with Gasteiger partial charge in [-0.05, 0) is 50.5 Å². The first-order chi connectivity index (χ1) is 10.4. The fourth-order valence-electron chi connectivity index (χ4n) is 2.37. The van der Waals surface area contributed by atoms with Crippen LogP contribution in [0.2, 0.25) is 0 Å². The van der Waals surface area contributed by atoms with Gasteiger partial charge in [0.1, 0.15) is 11.4 Å². The third-order valence-corrected chi connectivity index (χ3v) is 3.52. The molecule has 1 amide bonds. The molecule has 1 atom stereocenters. The van der Waals surface area contributed by atoms with E-state index in [0.29, 0.717) is 25.6 Å². The van der Waals surface area contributed by atoms with Crippen molar-refractivity contribution >= 4 is 27.5 Å². The summed E-state index contributed by atoms with van der Waals surface area (Å²) < 4.78 is 11.2. The van der Waals surface area contributed by atoms with E-state index in [1.54, 1.807) is 0 Å². The third-order valence-electron chi connectivity index (χ3n) is 3.20. The highest BCUT2D eigenvalue weighted by molar-refractivity contribution is 9.09. The molecule has 22 heavy (non-hydrogen) atoms. The van der Waals surface area contributed by atoms with Gasteiger partial charge < -0.3 is 14.8 Å². The fraction of sp³-hybridized carbons (Fsp3) is 0.588. The Balaban J connectivity index is 2.72. The summed E-state index contributed by atoms with van der Waals surface area (Å²) in [5.41, 5.74) is -0.0699. The summed E-state index contributed by atoms with van der Waals surface area (Å²) in [6, 6.07) is 7.36. The van der Waals surface area contributed by atoms with Crippen molar-refractivity contribution < 1.29 is 14.3 Å². The number of hydrogen-bond acceptors (Lipinski definition) is 3. The lowest BCUT2D eigenvalue weighted by Gasteiger charge is -2.29. The van der Waals surface area contributed by atoms with E-state index in [0.717, 1.165) is 16.8 Å². The molecule has 1 aromatic rings. The SMILES string of the molecule is CCO[C@](C)(CC(C)C)C(=O)Nc1ccc(OCCBr)cc1. The molecule has 0 saturated heterocycles. The maximum atomic E-state index is 12.5. The van der Waals surface area contributed by atoms with E-state index in [4.69, 9.17) is 9.47 Å². The van der Waals surface area contributed by atoms with Gasteiger partial charge in [-0.2, -0.15) is 0 Å². The van der Waals surface area contributed by atoms with Crippen molar-refractivity contribution in [1.29, 1.82) is 0 Å². The van der Waals surface area contributed by atoms with Gasteiger partial charge in [0.15, 0.2) is 0 Å². The number of carbonyl (C=O) groups is 1. The number of carbonyl (C=O) groups excluding carboxylic acids is 1. The van der Waals surface area contributed by atoms with Crippen LogP contribution in [0, 0.1) is 5.92 Å². The van der Waals surface area contributed by atoms with Gasteiger partial charge in [0.05, 0.1) is 6.61 Å². The van der Waals surface area contributed by atoms with Gasteiger partial charge in [0, 0.05) is 17.6 Å². The van der Waals surface area contributed by atoms with Gasteiger partial charge in [-0.15, -0.1) is 0 Å². The van der Waals surface area contributed by atoms with Gasteiger partial charge in [0.2, 0.25) is 0 Å². The van der Waals surface area contributed by atoms with E-state index in [1.807, 2.05) is 38.1 Å². The first-order valence-corrected chi connectivity index (χ1v) is 8.77. The number of benzene rings is 1. The second kappa shape index (κ2) is 9.16. The summed E-state index contributed by atoms with van der Waals surface area (Å²) in [4.78, 5) is 12.5. The van der Waals surface area contributed by atoms with E-state index in [1.165, 1.54) is 0 Å². The molecule has 0 aromatic heterocycles. The largest absolute Gasteiger partial charge is 0.493 e. The highest BCUT2D eigenvalue weighted by Crippen LogP contribution is 2.24. The minimum Gasteiger partial charge on any atom is -0.493 e. The summed E-state index contributed by atoms with van der Waals surface area (Å²) >= 11 is 3.31. The van der Waals surface area contributed by atoms with Crippen LogP contribution in [0.1, 0.15) is 34.1 Å². The average molecular weight is 372 g/mol. The first kappa shape index (κ1) is 19.0. The van der Waals surface area contributed by atoms with Crippen LogP contribution < -0.4 is 10.1 Å². The Morgan fingerprint density at radius 3 is 2.45 bits per heavy atom. The van der Waals surface area contributed by atoms with Crippen molar-refractivity contribution in [3.8, 4) is 5.75 Å². The molecule has 0 aliphatic rings. The highest BCUT2D eigenvalue weighted by atomic mass is 79.9. The Kier molecular flexibility index (Phi) is 7.90. The Morgan fingerprint density at radius 2 is 1.95 bits per heavy atom. The van der Waals surface area contributed by atoms with Crippen LogP contribution in [0.3, 0.4) is 0 Å². The van der Waals surface area contributed by atoms with Gasteiger partial charge in [0.25, 0.3) is 5.91 Å². The Bertz CT molecular complexity index is 461. The molecule has 0 unspecified atom stereocenters. The molecule has 1 rings (SSSR count). The Morgan fingerprint density at radius 1 is 1.32 bits per heavy atom. The average Bonchev–Trinajstić information content (AvgIpc) is 2.46. The lowest BCUT2D eigenvalue weighted by Crippen LogP contribution is -2.43. The number of anilines is 1. The molecular formula is C17H26BrNO3. The summed E-state index contributed by atoms with van der Waals surface area (Å²) in [5, 5.41) is 3.71. The standard InChI is InChI=1S/C17H26BrNO3/c1-5-22-17(4,12-13(2)3)16(20)19-14-6-8-15(9-7-14)21-11-10-18/h6-9,13H,5,10-12H2,1-4H3,(H,19,20)/t17-/m1/s1. The zero-order chi connectivity index (χ0) is 16.6. The molecule has 0 fully saturated rings. The molecule has 0 heterocycles. The van der Waals surface area contributed by atoms with Gasteiger partial charge >= 0.3 is 0 Å². The first-order valence-electron chi connectivity index (χ1n) is 7.65. The van der Waals surface area contributed by atoms with Crippen molar-refractivity contribution in [1.82, 2.24) is 0 Å². The van der Waals surface area contributed by atoms with Gasteiger partial charge in [-0.25, -0.2) is 0 Å². The van der Waals surface area contributed by atoms with Crippen LogP contribution in [0.4, 0.5) is 5.69 Å². The van der Waals surface area contributed by atoms with E-state index >= 15 is 0 Å². The molecule has 0 spiro atoms. The number of hydrogen-bond donors (Lipinski definition) is 1. The van der Waals surface area contributed by atoms with Crippen LogP contribution in [0.15, 0.2) is 24.3 Å². The molecule has 4 nitrogen and oxygen atoms in total. The second-order valence-electron chi connectivity index (χ2n) is 5.78. The molecule has 0 aliphatic carbocycles. The van der Waals surface area contributed by atoms with Crippen LogP contribution in [0.25, 0.3) is 0 Å². The monoisotopic (exact) mass is 371 g/mol. The number of ether oxygens (including phenoxy) is 2. The molecule has 1 N–H and O–H groups in total. The summed E-state index contributed by atoms with van der Waals surface area (Å²) in [6.07, 6.45) is 0.680. The topological polar surface area (TPSA) is 47.6 Å². The van der Waals surface area contributed by atoms with Crippen LogP contribution in [-0.2, 0) is 9.53 Å². The maximum absolute atomic E-state index is 12.5. The maximum Gasteiger partial charge on any atom is 0.256 e. The molecule has 5 heteroatoms. The quantitative estimate of drug-likeness (QED) is 0.660. The van der Waals surface area contributed by atoms with Crippen LogP contribution in [0.5, 0.6) is 5.75 Å². The Labute approximate surface area is 141 Å². The fourth-order valence-corrected chi connectivity index (χ4v) is 2.53. The summed E-state index contributed by atoms with van der Waals surface area (Å²) in [5.74, 6) is 1.05. The van der Waals surface area contributed by atoms with Gasteiger partial charge in [-0.3, -0.25) is 4.79 Å². The minimum absolute atomic E-state index is 0.114. The predicted octanol–water partition coefficient (Wildman–Crippen LogP) is 4.24. The third kappa shape index (κ3) is 5.97. The van der Waals surface area contributed by atoms with E-state index in [9.17, 15) is 4.79 Å². The van der Waals surface area contributed by atoms with Crippen molar-refractivity contribution in [3.63, 3.8) is 0 Å². The summed E-state index contributed by atoms with van der Waals surface area (Å²) in [7, 11) is 0. The number of halogens is 1.